The topological polar surface area (TPSA) is 187 Å². The molecule has 0 bridgehead atoms. The average Bonchev–Trinajstić information content (AvgIpc) is 4.20. The Labute approximate surface area is 440 Å². The van der Waals surface area contributed by atoms with Crippen molar-refractivity contribution in [3.05, 3.63) is 84.4 Å². The van der Waals surface area contributed by atoms with Crippen molar-refractivity contribution in [3.8, 4) is 0 Å². The van der Waals surface area contributed by atoms with Crippen LogP contribution < -0.4 is 32.7 Å². The Bertz CT molecular complexity index is 2230. The number of aryl methyl sites for hydroxylation is 2. The summed E-state index contributed by atoms with van der Waals surface area (Å²) in [6.45, 7) is 1.76. The third-order valence-electron chi connectivity index (χ3n) is 14.5. The molecule has 4 saturated carbocycles. The number of anilines is 4. The van der Waals surface area contributed by atoms with Crippen molar-refractivity contribution in [2.75, 3.05) is 34.4 Å². The highest BCUT2D eigenvalue weighted by Crippen LogP contribution is 2.35. The predicted octanol–water partition coefficient (Wildman–Crippen LogP) is 11.8. The van der Waals surface area contributed by atoms with Crippen LogP contribution in [-0.2, 0) is 12.8 Å². The molecule has 18 heteroatoms. The largest absolute Gasteiger partial charge is 0.368 e. The number of nitrogens with one attached hydrogen (secondary N) is 4. The van der Waals surface area contributed by atoms with Crippen LogP contribution in [-0.4, -0.2) is 76.3 Å². The van der Waals surface area contributed by atoms with E-state index in [2.05, 4.69) is 91.1 Å². The number of benzene rings is 2. The summed E-state index contributed by atoms with van der Waals surface area (Å²) in [5.74, 6) is 3.14. The second kappa shape index (κ2) is 28.8. The first-order valence-electron chi connectivity index (χ1n) is 25.6. The van der Waals surface area contributed by atoms with Crippen LogP contribution in [0.2, 0.25) is 0 Å². The van der Waals surface area contributed by atoms with Gasteiger partial charge in [-0.1, -0.05) is 86.3 Å². The van der Waals surface area contributed by atoms with Crippen LogP contribution >= 0.6 is 49.6 Å². The normalized spacial score (nSPS) is 20.3. The quantitative estimate of drug-likeness (QED) is 0.0448. The Kier molecular flexibility index (Phi) is 23.3. The van der Waals surface area contributed by atoms with Gasteiger partial charge < -0.3 is 41.9 Å². The Balaban J connectivity index is 0.000000247. The third-order valence-corrected chi connectivity index (χ3v) is 14.5. The van der Waals surface area contributed by atoms with Crippen molar-refractivity contribution in [1.82, 2.24) is 39.0 Å². The zero-order valence-corrected chi connectivity index (χ0v) is 44.0. The van der Waals surface area contributed by atoms with Crippen molar-refractivity contribution >= 4 is 95.5 Å². The summed E-state index contributed by atoms with van der Waals surface area (Å²) in [6, 6.07) is 23.9. The fraction of sp³-hybridized carbons (Fsp3) is 0.577. The zero-order chi connectivity index (χ0) is 44.9. The number of nitrogens with two attached hydrogens (primary N) is 2. The minimum Gasteiger partial charge on any atom is -0.368 e. The fourth-order valence-electron chi connectivity index (χ4n) is 10.6. The van der Waals surface area contributed by atoms with E-state index in [1.165, 1.54) is 62.5 Å². The maximum absolute atomic E-state index is 6.10. The van der Waals surface area contributed by atoms with Gasteiger partial charge in [0.25, 0.3) is 0 Å². The number of hydrogen-bond donors (Lipinski definition) is 6. The molecular formula is C52H78Cl4N14. The van der Waals surface area contributed by atoms with Gasteiger partial charge in [-0.15, -0.1) is 49.6 Å². The molecule has 0 spiro atoms. The summed E-state index contributed by atoms with van der Waals surface area (Å²) < 4.78 is 4.57. The monoisotopic (exact) mass is 1040 g/mol. The number of aromatic nitrogens is 8. The van der Waals surface area contributed by atoms with Crippen molar-refractivity contribution in [2.24, 2.45) is 11.5 Å². The molecule has 0 saturated heterocycles. The molecule has 384 valence electrons. The van der Waals surface area contributed by atoms with Crippen LogP contribution in [0.1, 0.15) is 152 Å². The van der Waals surface area contributed by atoms with Crippen LogP contribution in [0.4, 0.5) is 23.5 Å². The van der Waals surface area contributed by atoms with Gasteiger partial charge in [-0.2, -0.15) is 19.9 Å². The molecule has 70 heavy (non-hydrogen) atoms. The lowest BCUT2D eigenvalue weighted by atomic mass is 9.92. The lowest BCUT2D eigenvalue weighted by molar-refractivity contribution is 0.410. The van der Waals surface area contributed by atoms with E-state index in [9.17, 15) is 0 Å². The summed E-state index contributed by atoms with van der Waals surface area (Å²) in [7, 11) is 0. The number of rotatable bonds is 18. The molecule has 0 atom stereocenters. The second-order valence-corrected chi connectivity index (χ2v) is 19.6. The van der Waals surface area contributed by atoms with E-state index in [1.807, 2.05) is 12.7 Å². The summed E-state index contributed by atoms with van der Waals surface area (Å²) in [5.41, 5.74) is 18.7. The Morgan fingerprint density at radius 3 is 1.20 bits per heavy atom. The molecular weight excluding hydrogens is 962 g/mol. The van der Waals surface area contributed by atoms with Crippen LogP contribution in [0.15, 0.2) is 73.3 Å². The van der Waals surface area contributed by atoms with E-state index < -0.39 is 0 Å². The number of fused-ring (bicyclic) bond motifs is 2. The minimum absolute atomic E-state index is 0. The first-order valence-corrected chi connectivity index (χ1v) is 25.6. The predicted molar refractivity (Wildman–Crippen MR) is 298 cm³/mol. The average molecular weight is 1040 g/mol. The smallest absolute Gasteiger partial charge is 0.227 e. The Morgan fingerprint density at radius 2 is 0.829 bits per heavy atom. The van der Waals surface area contributed by atoms with Crippen molar-refractivity contribution in [2.45, 2.75) is 178 Å². The van der Waals surface area contributed by atoms with E-state index in [0.717, 1.165) is 149 Å². The van der Waals surface area contributed by atoms with Gasteiger partial charge in [0.2, 0.25) is 11.9 Å². The SMILES string of the molecule is Cl.Cl.Cl.Cl.NC1CCC(Nc2nc(NCCCCc3ccccc3)c3ncn(C4CCCC4)c3n2)CC1.N[C@H]1CC[C@H](Nc2nc(NCCCCc3ccccc3)c3ncn(C4CCCC4)c3n2)CC1. The van der Waals surface area contributed by atoms with Gasteiger partial charge >= 0.3 is 0 Å². The van der Waals surface area contributed by atoms with E-state index in [4.69, 9.17) is 41.4 Å². The fourth-order valence-corrected chi connectivity index (χ4v) is 10.6. The molecule has 4 fully saturated rings. The van der Waals surface area contributed by atoms with E-state index >= 15 is 0 Å². The van der Waals surface area contributed by atoms with Gasteiger partial charge in [-0.05, 0) is 127 Å². The van der Waals surface area contributed by atoms with Crippen LogP contribution in [0, 0.1) is 0 Å². The van der Waals surface area contributed by atoms with Gasteiger partial charge in [-0.25, -0.2) is 9.97 Å². The van der Waals surface area contributed by atoms with Crippen LogP contribution in [0.3, 0.4) is 0 Å². The molecule has 14 nitrogen and oxygen atoms in total. The summed E-state index contributed by atoms with van der Waals surface area (Å²) in [6.07, 6.45) is 29.2. The first kappa shape index (κ1) is 56.7. The highest BCUT2D eigenvalue weighted by atomic mass is 35.5. The van der Waals surface area contributed by atoms with Crippen molar-refractivity contribution in [1.29, 1.82) is 0 Å². The van der Waals surface area contributed by atoms with Gasteiger partial charge in [-0.3, -0.25) is 0 Å². The molecule has 4 aliphatic carbocycles. The lowest BCUT2D eigenvalue weighted by Gasteiger charge is -2.27. The standard InChI is InChI=1S/2C26H37N7.4ClH/c2*27-20-13-15-21(16-14-20)30-26-31-24(28-17-7-6-10-19-8-2-1-3-9-19)23-25(32-26)33(18-29-23)22-11-4-5-12-22;;;;/h2*1-3,8-9,18,20-22H,4-7,10-17,27H2,(H2,28,30,31,32);4*1H/t20-,21-;;;;;. The highest BCUT2D eigenvalue weighted by Gasteiger charge is 2.26. The van der Waals surface area contributed by atoms with Gasteiger partial charge in [0.05, 0.1) is 12.7 Å². The van der Waals surface area contributed by atoms with Crippen molar-refractivity contribution < 1.29 is 0 Å². The van der Waals surface area contributed by atoms with E-state index in [0.29, 0.717) is 36.3 Å². The summed E-state index contributed by atoms with van der Waals surface area (Å²) in [4.78, 5) is 29.1. The molecule has 8 N–H and O–H groups in total. The summed E-state index contributed by atoms with van der Waals surface area (Å²) in [5, 5.41) is 14.4. The van der Waals surface area contributed by atoms with E-state index in [1.54, 1.807) is 0 Å². The maximum atomic E-state index is 6.10. The lowest BCUT2D eigenvalue weighted by Crippen LogP contribution is -2.33. The molecule has 0 radical (unpaired) electrons. The molecule has 6 aromatic rings. The molecule has 0 aliphatic heterocycles. The molecule has 0 amide bonds. The van der Waals surface area contributed by atoms with E-state index in [-0.39, 0.29) is 49.6 Å². The number of halogens is 4. The number of imidazole rings is 2. The molecule has 4 heterocycles. The molecule has 10 rings (SSSR count). The summed E-state index contributed by atoms with van der Waals surface area (Å²) >= 11 is 0. The van der Waals surface area contributed by atoms with Crippen molar-refractivity contribution in [3.63, 3.8) is 0 Å². The third kappa shape index (κ3) is 15.4. The van der Waals surface area contributed by atoms with Crippen LogP contribution in [0.5, 0.6) is 0 Å². The Hall–Kier alpha value is -4.18. The molecule has 4 aliphatic rings. The maximum Gasteiger partial charge on any atom is 0.227 e. The molecule has 4 aromatic heterocycles. The van der Waals surface area contributed by atoms with Gasteiger partial charge in [0.15, 0.2) is 34.0 Å². The van der Waals surface area contributed by atoms with Gasteiger partial charge in [0.1, 0.15) is 0 Å². The highest BCUT2D eigenvalue weighted by molar-refractivity contribution is 5.86. The van der Waals surface area contributed by atoms with Crippen LogP contribution in [0.25, 0.3) is 22.3 Å². The second-order valence-electron chi connectivity index (χ2n) is 19.6. The zero-order valence-electron chi connectivity index (χ0n) is 40.7. The first-order chi connectivity index (χ1) is 32.5. The van der Waals surface area contributed by atoms with Gasteiger partial charge in [0, 0.05) is 49.3 Å². The molecule has 2 aromatic carbocycles. The Morgan fingerprint density at radius 1 is 0.457 bits per heavy atom. The number of hydrogen-bond acceptors (Lipinski definition) is 12. The molecule has 0 unspecified atom stereocenters. The number of unbranched alkanes of at least 4 members (excludes halogenated alkanes) is 2. The number of nitrogens with zero attached hydrogens (tertiary/aromatic N) is 8. The minimum atomic E-state index is 0.